The highest BCUT2D eigenvalue weighted by Gasteiger charge is 2.67. The smallest absolute Gasteiger partial charge is 0.146 e. The minimum Gasteiger partial charge on any atom is -0.359 e. The average molecular weight is 395 g/mol. The number of methoxy groups -OCH3 is 2. The second-order valence-electron chi connectivity index (χ2n) is 11.2. The van der Waals surface area contributed by atoms with E-state index in [1.165, 1.54) is 51.4 Å². The molecule has 4 heteroatoms. The molecule has 1 spiro atoms. The highest BCUT2D eigenvalue weighted by molar-refractivity contribution is 5.16. The molecule has 0 saturated heterocycles. The quantitative estimate of drug-likeness (QED) is 0.436. The third kappa shape index (κ3) is 3.18. The highest BCUT2D eigenvalue weighted by atomic mass is 16.7. The van der Waals surface area contributed by atoms with Crippen LogP contribution >= 0.6 is 0 Å². The first-order valence-electron chi connectivity index (χ1n) is 11.6. The Balaban J connectivity index is 1.65. The molecule has 5 fully saturated rings. The monoisotopic (exact) mass is 394 g/mol. The molecule has 0 amide bonds. The molecular formula is C24H42O4. The Kier molecular flexibility index (Phi) is 5.90. The molecule has 0 aromatic heterocycles. The third-order valence-electron chi connectivity index (χ3n) is 9.62. The van der Waals surface area contributed by atoms with Gasteiger partial charge in [0.05, 0.1) is 12.7 Å². The normalized spacial score (nSPS) is 46.8. The van der Waals surface area contributed by atoms with E-state index in [9.17, 15) is 0 Å². The number of fused-ring (bicyclic) bond motifs is 3. The minimum absolute atomic E-state index is 0.268. The molecule has 7 atom stereocenters. The zero-order valence-electron chi connectivity index (χ0n) is 18.8. The molecule has 0 N–H and O–H groups in total. The Labute approximate surface area is 172 Å². The van der Waals surface area contributed by atoms with Crippen molar-refractivity contribution in [3.05, 3.63) is 0 Å². The van der Waals surface area contributed by atoms with Crippen molar-refractivity contribution in [3.8, 4) is 0 Å². The molecule has 0 heterocycles. The van der Waals surface area contributed by atoms with E-state index in [-0.39, 0.29) is 6.10 Å². The van der Waals surface area contributed by atoms with Gasteiger partial charge < -0.3 is 18.9 Å². The van der Waals surface area contributed by atoms with Crippen LogP contribution in [0.1, 0.15) is 72.1 Å². The average Bonchev–Trinajstić information content (AvgIpc) is 2.66. The Morgan fingerprint density at radius 2 is 1.61 bits per heavy atom. The van der Waals surface area contributed by atoms with E-state index in [0.29, 0.717) is 41.7 Å². The summed E-state index contributed by atoms with van der Waals surface area (Å²) in [6.07, 6.45) is 11.2. The fourth-order valence-electron chi connectivity index (χ4n) is 8.69. The molecule has 5 aliphatic rings. The Bertz CT molecular complexity index is 549. The van der Waals surface area contributed by atoms with Crippen LogP contribution in [0.3, 0.4) is 0 Å². The molecule has 5 aliphatic carbocycles. The van der Waals surface area contributed by atoms with Gasteiger partial charge >= 0.3 is 0 Å². The van der Waals surface area contributed by atoms with Crippen LogP contribution in [0.2, 0.25) is 0 Å². The van der Waals surface area contributed by atoms with Crippen molar-refractivity contribution in [3.63, 3.8) is 0 Å². The molecule has 162 valence electrons. The standard InChI is InChI=1S/C24H42O4/c1-22(2)9-6-10-23(3)19(22)8-12-24-11-7-17(13-20(23)24)18(14-27-15-25-4)21(24)28-16-26-5/h17-21H,6-16H2,1-5H3/t17-,18+,19-,20+,21-,23-,24+/m1/s1. The van der Waals surface area contributed by atoms with E-state index < -0.39 is 0 Å². The summed E-state index contributed by atoms with van der Waals surface area (Å²) in [7, 11) is 3.45. The van der Waals surface area contributed by atoms with E-state index in [0.717, 1.165) is 18.4 Å². The molecule has 0 aromatic carbocycles. The third-order valence-corrected chi connectivity index (χ3v) is 9.62. The second-order valence-corrected chi connectivity index (χ2v) is 11.2. The Morgan fingerprint density at radius 3 is 2.36 bits per heavy atom. The number of hydrogen-bond donors (Lipinski definition) is 0. The predicted octanol–water partition coefficient (Wildman–Crippen LogP) is 5.25. The molecule has 5 rings (SSSR count). The van der Waals surface area contributed by atoms with E-state index in [2.05, 4.69) is 20.8 Å². The van der Waals surface area contributed by atoms with Crippen molar-refractivity contribution in [1.82, 2.24) is 0 Å². The summed E-state index contributed by atoms with van der Waals surface area (Å²) in [5, 5.41) is 0. The first-order chi connectivity index (χ1) is 13.4. The summed E-state index contributed by atoms with van der Waals surface area (Å²) < 4.78 is 22.9. The van der Waals surface area contributed by atoms with Crippen molar-refractivity contribution >= 4 is 0 Å². The van der Waals surface area contributed by atoms with E-state index >= 15 is 0 Å². The molecule has 5 saturated carbocycles. The van der Waals surface area contributed by atoms with E-state index in [1.807, 2.05) is 0 Å². The molecule has 0 unspecified atom stereocenters. The zero-order valence-corrected chi connectivity index (χ0v) is 18.8. The van der Waals surface area contributed by atoms with Gasteiger partial charge in [0.1, 0.15) is 13.6 Å². The zero-order chi connectivity index (χ0) is 20.0. The maximum Gasteiger partial charge on any atom is 0.146 e. The van der Waals surface area contributed by atoms with Crippen LogP contribution < -0.4 is 0 Å². The Hall–Kier alpha value is -0.160. The fourth-order valence-corrected chi connectivity index (χ4v) is 8.69. The van der Waals surface area contributed by atoms with Gasteiger partial charge in [-0.25, -0.2) is 0 Å². The summed E-state index contributed by atoms with van der Waals surface area (Å²) in [6.45, 7) is 9.26. The highest BCUT2D eigenvalue weighted by Crippen LogP contribution is 2.72. The van der Waals surface area contributed by atoms with Gasteiger partial charge in [-0.15, -0.1) is 0 Å². The predicted molar refractivity (Wildman–Crippen MR) is 110 cm³/mol. The topological polar surface area (TPSA) is 36.9 Å². The van der Waals surface area contributed by atoms with Gasteiger partial charge in [0.15, 0.2) is 0 Å². The van der Waals surface area contributed by atoms with Crippen molar-refractivity contribution in [1.29, 1.82) is 0 Å². The maximum atomic E-state index is 6.50. The van der Waals surface area contributed by atoms with Crippen LogP contribution in [0.15, 0.2) is 0 Å². The summed E-state index contributed by atoms with van der Waals surface area (Å²) in [5.74, 6) is 2.84. The lowest BCUT2D eigenvalue weighted by atomic mass is 9.35. The van der Waals surface area contributed by atoms with Crippen LogP contribution in [-0.2, 0) is 18.9 Å². The van der Waals surface area contributed by atoms with Crippen molar-refractivity contribution in [2.75, 3.05) is 34.4 Å². The lowest BCUT2D eigenvalue weighted by molar-refractivity contribution is -0.275. The van der Waals surface area contributed by atoms with Crippen LogP contribution in [0.25, 0.3) is 0 Å². The second kappa shape index (κ2) is 7.83. The van der Waals surface area contributed by atoms with Crippen molar-refractivity contribution in [2.24, 2.45) is 39.9 Å². The van der Waals surface area contributed by atoms with Crippen LogP contribution in [0.4, 0.5) is 0 Å². The summed E-state index contributed by atoms with van der Waals surface area (Å²) in [6, 6.07) is 0. The molecule has 2 bridgehead atoms. The van der Waals surface area contributed by atoms with Gasteiger partial charge in [0.2, 0.25) is 0 Å². The largest absolute Gasteiger partial charge is 0.359 e. The van der Waals surface area contributed by atoms with Gasteiger partial charge in [0, 0.05) is 25.6 Å². The first kappa shape index (κ1) is 21.1. The lowest BCUT2D eigenvalue weighted by Crippen LogP contribution is -2.67. The summed E-state index contributed by atoms with van der Waals surface area (Å²) in [4.78, 5) is 0. The maximum absolute atomic E-state index is 6.50. The molecule has 0 aromatic rings. The van der Waals surface area contributed by atoms with Crippen LogP contribution in [-0.4, -0.2) is 40.5 Å². The number of hydrogen-bond acceptors (Lipinski definition) is 4. The Morgan fingerprint density at radius 1 is 0.857 bits per heavy atom. The summed E-state index contributed by atoms with van der Waals surface area (Å²) >= 11 is 0. The molecule has 0 radical (unpaired) electrons. The van der Waals surface area contributed by atoms with Gasteiger partial charge in [-0.05, 0) is 73.5 Å². The van der Waals surface area contributed by atoms with Gasteiger partial charge in [-0.2, -0.15) is 0 Å². The van der Waals surface area contributed by atoms with Crippen LogP contribution in [0, 0.1) is 39.9 Å². The first-order valence-corrected chi connectivity index (χ1v) is 11.6. The SMILES string of the molecule is COCOC[C@H]1[C@@H]2CC[C@@]3(CC[C@@H]4C(C)(C)CCC[C@@]4(C)[C@@H]3C2)[C@@H]1OCOC. The molecular weight excluding hydrogens is 352 g/mol. The molecule has 0 aliphatic heterocycles. The summed E-state index contributed by atoms with van der Waals surface area (Å²) in [5.41, 5.74) is 1.26. The molecule has 4 nitrogen and oxygen atoms in total. The van der Waals surface area contributed by atoms with Crippen molar-refractivity contribution in [2.45, 2.75) is 78.2 Å². The lowest BCUT2D eigenvalue weighted by Gasteiger charge is -2.70. The van der Waals surface area contributed by atoms with Gasteiger partial charge in [-0.3, -0.25) is 0 Å². The fraction of sp³-hybridized carbons (Fsp3) is 1.00. The van der Waals surface area contributed by atoms with Crippen molar-refractivity contribution < 1.29 is 18.9 Å². The van der Waals surface area contributed by atoms with Gasteiger partial charge in [0.25, 0.3) is 0 Å². The van der Waals surface area contributed by atoms with Gasteiger partial charge in [-0.1, -0.05) is 27.2 Å². The molecule has 28 heavy (non-hydrogen) atoms. The minimum atomic E-state index is 0.268. The number of rotatable bonds is 7. The van der Waals surface area contributed by atoms with E-state index in [4.69, 9.17) is 18.9 Å². The van der Waals surface area contributed by atoms with Crippen LogP contribution in [0.5, 0.6) is 0 Å². The number of ether oxygens (including phenoxy) is 4. The van der Waals surface area contributed by atoms with E-state index in [1.54, 1.807) is 14.2 Å².